The fraction of sp³-hybridized carbons (Fsp3) is 0.290. The van der Waals surface area contributed by atoms with Crippen LogP contribution in [-0.4, -0.2) is 67.3 Å². The molecular formula is C31H30FN7O. The van der Waals surface area contributed by atoms with E-state index in [0.29, 0.717) is 39.8 Å². The van der Waals surface area contributed by atoms with Crippen molar-refractivity contribution < 1.29 is 9.18 Å². The van der Waals surface area contributed by atoms with Crippen LogP contribution >= 0.6 is 0 Å². The second kappa shape index (κ2) is 9.67. The van der Waals surface area contributed by atoms with Crippen molar-refractivity contribution in [1.29, 1.82) is 0 Å². The molecule has 3 aromatic heterocycles. The smallest absolute Gasteiger partial charge is 0.219 e. The number of amides is 1. The Balaban J connectivity index is 1.23. The molecule has 8 nitrogen and oxygen atoms in total. The number of rotatable bonds is 4. The summed E-state index contributed by atoms with van der Waals surface area (Å²) in [6.45, 7) is 4.96. The molecule has 1 aliphatic heterocycles. The van der Waals surface area contributed by atoms with Crippen molar-refractivity contribution in [3.05, 3.63) is 78.6 Å². The maximum atomic E-state index is 16.2. The summed E-state index contributed by atoms with van der Waals surface area (Å²) in [5.74, 6) is 1.15. The van der Waals surface area contributed by atoms with E-state index in [1.165, 1.54) is 0 Å². The third-order valence-electron chi connectivity index (χ3n) is 8.49. The number of benzene rings is 2. The SMILES string of the molecule is CC(=O)N1CCN(C2CC(c3nc(-c4ccc5ccc(-c6ccccc6)nc5c4F)c4c(N)nccn34)C2)CC1. The molecule has 2 N–H and O–H groups in total. The van der Waals surface area contributed by atoms with Gasteiger partial charge in [-0.3, -0.25) is 14.1 Å². The fourth-order valence-corrected chi connectivity index (χ4v) is 6.17. The Bertz CT molecular complexity index is 1740. The summed E-state index contributed by atoms with van der Waals surface area (Å²) in [5.41, 5.74) is 9.78. The van der Waals surface area contributed by atoms with E-state index in [1.807, 2.05) is 64.0 Å². The van der Waals surface area contributed by atoms with Gasteiger partial charge in [-0.15, -0.1) is 0 Å². The van der Waals surface area contributed by atoms with Gasteiger partial charge in [0.1, 0.15) is 28.4 Å². The van der Waals surface area contributed by atoms with Gasteiger partial charge in [-0.25, -0.2) is 19.3 Å². The highest BCUT2D eigenvalue weighted by Gasteiger charge is 2.39. The number of imidazole rings is 1. The van der Waals surface area contributed by atoms with Crippen molar-refractivity contribution in [2.75, 3.05) is 31.9 Å². The molecule has 0 bridgehead atoms. The first-order valence-corrected chi connectivity index (χ1v) is 13.7. The normalized spacial score (nSPS) is 19.7. The Morgan fingerprint density at radius 1 is 0.975 bits per heavy atom. The minimum atomic E-state index is -0.417. The predicted molar refractivity (Wildman–Crippen MR) is 153 cm³/mol. The first-order chi connectivity index (χ1) is 19.5. The molecule has 40 heavy (non-hydrogen) atoms. The molecule has 0 unspecified atom stereocenters. The fourth-order valence-electron chi connectivity index (χ4n) is 6.17. The highest BCUT2D eigenvalue weighted by atomic mass is 19.1. The van der Waals surface area contributed by atoms with Gasteiger partial charge in [-0.1, -0.05) is 42.5 Å². The lowest BCUT2D eigenvalue weighted by molar-refractivity contribution is -0.131. The van der Waals surface area contributed by atoms with Crippen LogP contribution in [0.15, 0.2) is 67.0 Å². The van der Waals surface area contributed by atoms with Gasteiger partial charge in [0.15, 0.2) is 5.82 Å². The number of aromatic nitrogens is 4. The number of carbonyl (C=O) groups excluding carboxylic acids is 1. The van der Waals surface area contributed by atoms with Crippen LogP contribution in [0.5, 0.6) is 0 Å². The van der Waals surface area contributed by atoms with E-state index in [1.54, 1.807) is 19.2 Å². The highest BCUT2D eigenvalue weighted by molar-refractivity contribution is 5.92. The monoisotopic (exact) mass is 535 g/mol. The second-order valence-electron chi connectivity index (χ2n) is 10.8. The van der Waals surface area contributed by atoms with Crippen molar-refractivity contribution in [2.24, 2.45) is 0 Å². The van der Waals surface area contributed by atoms with Crippen LogP contribution in [0.1, 0.15) is 31.5 Å². The molecule has 0 spiro atoms. The molecule has 2 aromatic carbocycles. The summed E-state index contributed by atoms with van der Waals surface area (Å²) in [7, 11) is 0. The lowest BCUT2D eigenvalue weighted by Gasteiger charge is -2.46. The summed E-state index contributed by atoms with van der Waals surface area (Å²) < 4.78 is 18.2. The van der Waals surface area contributed by atoms with Crippen LogP contribution in [0, 0.1) is 5.82 Å². The lowest BCUT2D eigenvalue weighted by Crippen LogP contribution is -2.54. The third kappa shape index (κ3) is 4.08. The first-order valence-electron chi connectivity index (χ1n) is 13.7. The van der Waals surface area contributed by atoms with Crippen molar-refractivity contribution in [1.82, 2.24) is 29.2 Å². The molecule has 2 aliphatic rings. The Kier molecular flexibility index (Phi) is 5.96. The van der Waals surface area contributed by atoms with E-state index >= 15 is 4.39 Å². The Labute approximate surface area is 231 Å². The third-order valence-corrected chi connectivity index (χ3v) is 8.49. The molecule has 2 fully saturated rings. The van der Waals surface area contributed by atoms with Crippen LogP contribution in [-0.2, 0) is 4.79 Å². The topological polar surface area (TPSA) is 92.7 Å². The molecule has 4 heterocycles. The molecule has 5 aromatic rings. The quantitative estimate of drug-likeness (QED) is 0.357. The number of nitrogen functional groups attached to an aromatic ring is 1. The Morgan fingerprint density at radius 2 is 1.73 bits per heavy atom. The van der Waals surface area contributed by atoms with Crippen LogP contribution in [0.3, 0.4) is 0 Å². The highest BCUT2D eigenvalue weighted by Crippen LogP contribution is 2.42. The summed E-state index contributed by atoms with van der Waals surface area (Å²) >= 11 is 0. The zero-order valence-electron chi connectivity index (χ0n) is 22.3. The van der Waals surface area contributed by atoms with Gasteiger partial charge in [0, 0.05) is 74.0 Å². The van der Waals surface area contributed by atoms with E-state index in [9.17, 15) is 4.79 Å². The van der Waals surface area contributed by atoms with Gasteiger partial charge in [0.05, 0.1) is 5.69 Å². The number of nitrogens with two attached hydrogens (primary N) is 1. The van der Waals surface area contributed by atoms with Gasteiger partial charge in [0.25, 0.3) is 0 Å². The van der Waals surface area contributed by atoms with Crippen LogP contribution < -0.4 is 5.73 Å². The van der Waals surface area contributed by atoms with E-state index in [-0.39, 0.29) is 11.8 Å². The number of carbonyl (C=O) groups is 1. The van der Waals surface area contributed by atoms with Crippen molar-refractivity contribution in [2.45, 2.75) is 31.7 Å². The zero-order chi connectivity index (χ0) is 27.4. The number of nitrogens with zero attached hydrogens (tertiary/aromatic N) is 6. The molecule has 9 heteroatoms. The zero-order valence-corrected chi connectivity index (χ0v) is 22.3. The molecule has 1 aliphatic carbocycles. The van der Waals surface area contributed by atoms with Crippen molar-refractivity contribution in [3.63, 3.8) is 0 Å². The predicted octanol–water partition coefficient (Wildman–Crippen LogP) is 4.74. The minimum absolute atomic E-state index is 0.140. The largest absolute Gasteiger partial charge is 0.382 e. The number of hydrogen-bond acceptors (Lipinski definition) is 6. The van der Waals surface area contributed by atoms with Crippen LogP contribution in [0.4, 0.5) is 10.2 Å². The number of piperazine rings is 1. The first kappa shape index (κ1) is 24.7. The summed E-state index contributed by atoms with van der Waals surface area (Å²) in [5, 5.41) is 0.725. The Morgan fingerprint density at radius 3 is 2.48 bits per heavy atom. The van der Waals surface area contributed by atoms with Gasteiger partial charge >= 0.3 is 0 Å². The van der Waals surface area contributed by atoms with Gasteiger partial charge < -0.3 is 10.6 Å². The second-order valence-corrected chi connectivity index (χ2v) is 10.8. The molecule has 1 amide bonds. The molecular weight excluding hydrogens is 505 g/mol. The summed E-state index contributed by atoms with van der Waals surface area (Å²) in [4.78, 5) is 30.1. The number of anilines is 1. The average Bonchev–Trinajstić information content (AvgIpc) is 3.33. The number of pyridine rings is 1. The van der Waals surface area contributed by atoms with Crippen molar-refractivity contribution >= 4 is 28.1 Å². The number of hydrogen-bond donors (Lipinski definition) is 1. The maximum absolute atomic E-state index is 16.2. The minimum Gasteiger partial charge on any atom is -0.382 e. The molecule has 7 rings (SSSR count). The summed E-state index contributed by atoms with van der Waals surface area (Å²) in [6.07, 6.45) is 5.45. The van der Waals surface area contributed by atoms with Crippen LogP contribution in [0.2, 0.25) is 0 Å². The lowest BCUT2D eigenvalue weighted by atomic mass is 9.78. The van der Waals surface area contributed by atoms with E-state index in [0.717, 1.165) is 55.8 Å². The maximum Gasteiger partial charge on any atom is 0.219 e. The molecule has 1 saturated carbocycles. The number of halogens is 1. The van der Waals surface area contributed by atoms with Gasteiger partial charge in [0.2, 0.25) is 5.91 Å². The van der Waals surface area contributed by atoms with Gasteiger partial charge in [-0.05, 0) is 25.0 Å². The van der Waals surface area contributed by atoms with E-state index in [2.05, 4.69) is 9.88 Å². The van der Waals surface area contributed by atoms with Crippen LogP contribution in [0.25, 0.3) is 38.9 Å². The Hall–Kier alpha value is -4.37. The van der Waals surface area contributed by atoms with E-state index in [4.69, 9.17) is 15.7 Å². The molecule has 0 atom stereocenters. The van der Waals surface area contributed by atoms with Gasteiger partial charge in [-0.2, -0.15) is 0 Å². The molecule has 202 valence electrons. The average molecular weight is 536 g/mol. The van der Waals surface area contributed by atoms with Crippen molar-refractivity contribution in [3.8, 4) is 22.5 Å². The molecule has 0 radical (unpaired) electrons. The summed E-state index contributed by atoms with van der Waals surface area (Å²) in [6, 6.07) is 17.7. The molecule has 1 saturated heterocycles. The standard InChI is InChI=1S/C31H30FN7O/c1-19(40)37-13-15-38(16-14-37)23-17-22(18-23)31-36-28(29-30(33)34-11-12-39(29)31)24-9-7-21-8-10-25(35-27(21)26(24)32)20-5-3-2-4-6-20/h2-12,22-23H,13-18H2,1H3,(H2,33,34). The number of fused-ring (bicyclic) bond motifs is 2. The van der Waals surface area contributed by atoms with E-state index < -0.39 is 5.82 Å².